The lowest BCUT2D eigenvalue weighted by atomic mass is 9.82. The van der Waals surface area contributed by atoms with E-state index in [0.29, 0.717) is 5.57 Å². The summed E-state index contributed by atoms with van der Waals surface area (Å²) in [5, 5.41) is 0. The molecule has 4 aromatic rings. The molecule has 48 heavy (non-hydrogen) atoms. The van der Waals surface area contributed by atoms with Gasteiger partial charge >= 0.3 is 0 Å². The minimum Gasteiger partial charge on any atom is -0.496 e. The standard InChI is InChI=1S/C20H24N2O2.C20H22N2O2/c2*1-11-6-7-15(9-17(11)21)19-14(4)20(23)22(19)16-8-12(2)13(3)18(10-16)24-5/h6-10,14,19H,21H2,1-5H3;6-10,19H,4,21H2,1-3,5H3/t14-,19-;19-/m11/s1. The Labute approximate surface area is 283 Å². The van der Waals surface area contributed by atoms with Crippen molar-refractivity contribution in [3.05, 3.63) is 117 Å². The van der Waals surface area contributed by atoms with Gasteiger partial charge in [0, 0.05) is 40.5 Å². The van der Waals surface area contributed by atoms with Gasteiger partial charge in [0.1, 0.15) is 11.5 Å². The van der Waals surface area contributed by atoms with E-state index in [1.807, 2.05) is 108 Å². The van der Waals surface area contributed by atoms with Crippen LogP contribution in [0.5, 0.6) is 11.5 Å². The zero-order valence-electron chi connectivity index (χ0n) is 29.4. The number of carbonyl (C=O) groups excluding carboxylic acids is 2. The van der Waals surface area contributed by atoms with Gasteiger partial charge in [-0.1, -0.05) is 37.8 Å². The molecule has 2 aliphatic rings. The number of nitrogen functional groups attached to an aromatic ring is 2. The predicted molar refractivity (Wildman–Crippen MR) is 195 cm³/mol. The third kappa shape index (κ3) is 5.87. The molecule has 2 amide bonds. The van der Waals surface area contributed by atoms with Crippen LogP contribution in [0.3, 0.4) is 0 Å². The minimum atomic E-state index is -0.188. The number of hydrogen-bond acceptors (Lipinski definition) is 6. The predicted octanol–water partition coefficient (Wildman–Crippen LogP) is 7.77. The molecule has 2 aliphatic heterocycles. The molecule has 2 heterocycles. The molecule has 6 rings (SSSR count). The minimum absolute atomic E-state index is 0.00668. The number of nitrogens with two attached hydrogens (primary N) is 2. The summed E-state index contributed by atoms with van der Waals surface area (Å²) in [5.41, 5.74) is 24.3. The van der Waals surface area contributed by atoms with Crippen molar-refractivity contribution in [3.63, 3.8) is 0 Å². The van der Waals surface area contributed by atoms with Crippen molar-refractivity contribution in [2.24, 2.45) is 5.92 Å². The molecule has 0 bridgehead atoms. The molecule has 250 valence electrons. The zero-order valence-corrected chi connectivity index (χ0v) is 29.4. The summed E-state index contributed by atoms with van der Waals surface area (Å²) in [6, 6.07) is 19.7. The quantitative estimate of drug-likeness (QED) is 0.126. The second-order valence-corrected chi connectivity index (χ2v) is 13.0. The molecular weight excluding hydrogens is 600 g/mol. The van der Waals surface area contributed by atoms with E-state index < -0.39 is 0 Å². The lowest BCUT2D eigenvalue weighted by Crippen LogP contribution is -2.54. The number of methoxy groups -OCH3 is 2. The van der Waals surface area contributed by atoms with E-state index in [9.17, 15) is 9.59 Å². The Hall–Kier alpha value is -5.24. The first kappa shape index (κ1) is 34.1. The smallest absolute Gasteiger partial charge is 0.256 e. The van der Waals surface area contributed by atoms with Crippen LogP contribution in [0.4, 0.5) is 22.7 Å². The van der Waals surface area contributed by atoms with Gasteiger partial charge in [0.2, 0.25) is 5.91 Å². The third-order valence-electron chi connectivity index (χ3n) is 9.93. The molecule has 0 saturated carbocycles. The fraction of sp³-hybridized carbons (Fsp3) is 0.300. The van der Waals surface area contributed by atoms with E-state index >= 15 is 0 Å². The summed E-state index contributed by atoms with van der Waals surface area (Å²) in [6.07, 6.45) is 0. The number of nitrogens with zero attached hydrogens (tertiary/aromatic N) is 2. The van der Waals surface area contributed by atoms with Gasteiger partial charge in [-0.15, -0.1) is 0 Å². The molecular formula is C40H46N4O4. The van der Waals surface area contributed by atoms with Gasteiger partial charge in [-0.2, -0.15) is 0 Å². The number of carbonyl (C=O) groups is 2. The molecule has 0 spiro atoms. The Morgan fingerprint density at radius 2 is 1.10 bits per heavy atom. The second kappa shape index (κ2) is 13.1. The lowest BCUT2D eigenvalue weighted by Gasteiger charge is -2.46. The molecule has 0 aliphatic carbocycles. The van der Waals surface area contributed by atoms with Crippen molar-refractivity contribution in [1.82, 2.24) is 0 Å². The molecule has 2 saturated heterocycles. The summed E-state index contributed by atoms with van der Waals surface area (Å²) < 4.78 is 10.9. The van der Waals surface area contributed by atoms with Crippen molar-refractivity contribution in [2.75, 3.05) is 35.5 Å². The molecule has 8 heteroatoms. The van der Waals surface area contributed by atoms with Crippen molar-refractivity contribution in [3.8, 4) is 11.5 Å². The Balaban J connectivity index is 0.000000188. The molecule has 0 aromatic heterocycles. The average Bonchev–Trinajstić information content (AvgIpc) is 3.07. The highest BCUT2D eigenvalue weighted by Gasteiger charge is 2.46. The van der Waals surface area contributed by atoms with E-state index in [1.165, 1.54) is 0 Å². The highest BCUT2D eigenvalue weighted by Crippen LogP contribution is 2.46. The van der Waals surface area contributed by atoms with Gasteiger partial charge in [-0.05, 0) is 110 Å². The molecule has 4 N–H and O–H groups in total. The number of amides is 2. The Bertz CT molecular complexity index is 1950. The van der Waals surface area contributed by atoms with Crippen LogP contribution in [-0.4, -0.2) is 26.0 Å². The van der Waals surface area contributed by atoms with Crippen LogP contribution in [0.2, 0.25) is 0 Å². The maximum Gasteiger partial charge on any atom is 0.256 e. The van der Waals surface area contributed by atoms with Gasteiger partial charge in [-0.3, -0.25) is 14.5 Å². The number of aryl methyl sites for hydroxylation is 4. The number of benzene rings is 4. The topological polar surface area (TPSA) is 111 Å². The molecule has 3 atom stereocenters. The summed E-state index contributed by atoms with van der Waals surface area (Å²) in [7, 11) is 3.30. The van der Waals surface area contributed by atoms with Crippen molar-refractivity contribution in [2.45, 2.75) is 60.5 Å². The van der Waals surface area contributed by atoms with Gasteiger partial charge in [0.15, 0.2) is 0 Å². The fourth-order valence-corrected chi connectivity index (χ4v) is 6.45. The van der Waals surface area contributed by atoms with Crippen molar-refractivity contribution in [1.29, 1.82) is 0 Å². The lowest BCUT2D eigenvalue weighted by molar-refractivity contribution is -0.129. The van der Waals surface area contributed by atoms with E-state index in [-0.39, 0.29) is 29.8 Å². The maximum atomic E-state index is 12.5. The molecule has 8 nitrogen and oxygen atoms in total. The normalized spacial score (nSPS) is 18.5. The van der Waals surface area contributed by atoms with Crippen LogP contribution in [0.15, 0.2) is 72.8 Å². The zero-order chi connectivity index (χ0) is 35.2. The van der Waals surface area contributed by atoms with Crippen LogP contribution < -0.4 is 30.7 Å². The van der Waals surface area contributed by atoms with E-state index in [1.54, 1.807) is 19.1 Å². The highest BCUT2D eigenvalue weighted by molar-refractivity contribution is 6.15. The van der Waals surface area contributed by atoms with Gasteiger partial charge in [0.05, 0.1) is 32.2 Å². The van der Waals surface area contributed by atoms with E-state index in [4.69, 9.17) is 20.9 Å². The van der Waals surface area contributed by atoms with Crippen LogP contribution in [0.1, 0.15) is 63.5 Å². The van der Waals surface area contributed by atoms with Gasteiger partial charge in [0.25, 0.3) is 5.91 Å². The molecule has 0 radical (unpaired) electrons. The summed E-state index contributed by atoms with van der Waals surface area (Å²) >= 11 is 0. The molecule has 4 aromatic carbocycles. The largest absolute Gasteiger partial charge is 0.496 e. The summed E-state index contributed by atoms with van der Waals surface area (Å²) in [5.74, 6) is 1.59. The van der Waals surface area contributed by atoms with Crippen LogP contribution in [-0.2, 0) is 9.59 Å². The Kier molecular flexibility index (Phi) is 9.31. The van der Waals surface area contributed by atoms with Crippen molar-refractivity contribution >= 4 is 34.6 Å². The van der Waals surface area contributed by atoms with Gasteiger partial charge in [-0.25, -0.2) is 0 Å². The first-order chi connectivity index (χ1) is 22.7. The fourth-order valence-electron chi connectivity index (χ4n) is 6.45. The number of ether oxygens (including phenoxy) is 2. The summed E-state index contributed by atoms with van der Waals surface area (Å²) in [4.78, 5) is 28.6. The monoisotopic (exact) mass is 646 g/mol. The number of rotatable bonds is 6. The first-order valence-corrected chi connectivity index (χ1v) is 16.1. The molecule has 2 fully saturated rings. The third-order valence-corrected chi connectivity index (χ3v) is 9.93. The maximum absolute atomic E-state index is 12.5. The summed E-state index contributed by atoms with van der Waals surface area (Å²) in [6.45, 7) is 17.9. The average molecular weight is 647 g/mol. The van der Waals surface area contributed by atoms with E-state index in [2.05, 4.69) is 12.6 Å². The second-order valence-electron chi connectivity index (χ2n) is 13.0. The van der Waals surface area contributed by atoms with E-state index in [0.717, 1.165) is 78.8 Å². The number of anilines is 4. The number of β-lactam (4-membered cyclic amide) rings is 2. The highest BCUT2D eigenvalue weighted by atomic mass is 16.5. The SMILES string of the molecule is C=C1C(=O)N(c2cc(C)c(C)c(OC)c2)[C@H]1c1ccc(C)c(N)c1.COc1cc(N2C(=O)[C@H](C)[C@@H]2c2ccc(C)c(N)c2)cc(C)c1C. The van der Waals surface area contributed by atoms with Gasteiger partial charge < -0.3 is 25.8 Å². The van der Waals surface area contributed by atoms with Crippen LogP contribution in [0, 0.1) is 47.5 Å². The Morgan fingerprint density at radius 3 is 1.58 bits per heavy atom. The van der Waals surface area contributed by atoms with Crippen LogP contribution >= 0.6 is 0 Å². The van der Waals surface area contributed by atoms with Crippen LogP contribution in [0.25, 0.3) is 0 Å². The Morgan fingerprint density at radius 1 is 0.646 bits per heavy atom. The first-order valence-electron chi connectivity index (χ1n) is 16.1. The molecule has 0 unspecified atom stereocenters. The van der Waals surface area contributed by atoms with Crippen molar-refractivity contribution < 1.29 is 19.1 Å². The number of hydrogen-bond donors (Lipinski definition) is 2.